The van der Waals surface area contributed by atoms with E-state index in [2.05, 4.69) is 36.2 Å². The fraction of sp³-hybridized carbons (Fsp3) is 0.250. The lowest BCUT2D eigenvalue weighted by Crippen LogP contribution is -2.19. The maximum absolute atomic E-state index is 6.24. The summed E-state index contributed by atoms with van der Waals surface area (Å²) in [6, 6.07) is 8.11. The second-order valence-corrected chi connectivity index (χ2v) is 9.68. The number of fused-ring (bicyclic) bond motifs is 2. The van der Waals surface area contributed by atoms with Crippen LogP contribution in [0.25, 0.3) is 50.3 Å². The average Bonchev–Trinajstić information content (AvgIpc) is 3.66. The van der Waals surface area contributed by atoms with Crippen LogP contribution in [0.4, 0.5) is 0 Å². The van der Waals surface area contributed by atoms with Crippen LogP contribution in [0.3, 0.4) is 0 Å². The summed E-state index contributed by atoms with van der Waals surface area (Å²) in [6.07, 6.45) is 17.3. The van der Waals surface area contributed by atoms with Crippen molar-refractivity contribution in [2.75, 3.05) is 0 Å². The summed E-state index contributed by atoms with van der Waals surface area (Å²) in [5.74, 6) is 0.795. The van der Waals surface area contributed by atoms with E-state index in [-0.39, 0.29) is 6.10 Å². The summed E-state index contributed by atoms with van der Waals surface area (Å²) in [6.45, 7) is 1.97. The van der Waals surface area contributed by atoms with E-state index in [1.165, 1.54) is 19.3 Å². The van der Waals surface area contributed by atoms with Crippen molar-refractivity contribution in [2.24, 2.45) is 0 Å². The molecule has 1 aliphatic rings. The minimum atomic E-state index is 0.273. The Morgan fingerprint density at radius 2 is 1.86 bits per heavy atom. The van der Waals surface area contributed by atoms with Crippen LogP contribution in [0, 0.1) is 6.92 Å². The monoisotopic (exact) mass is 490 g/mol. The van der Waals surface area contributed by atoms with Crippen LogP contribution in [-0.2, 0) is 0 Å². The minimum Gasteiger partial charge on any atom is -0.489 e. The SMILES string of the molecule is Cc1cn(-c2cncc3[nH]c(-c4n[nH]c5ccc(-c6cncc(OC7CCCCC7)c6)nc45)cc23)cn1. The molecule has 0 unspecified atom stereocenters. The van der Waals surface area contributed by atoms with Gasteiger partial charge in [-0.25, -0.2) is 9.97 Å². The van der Waals surface area contributed by atoms with Gasteiger partial charge in [0.2, 0.25) is 0 Å². The van der Waals surface area contributed by atoms with Crippen molar-refractivity contribution in [3.8, 4) is 34.1 Å². The molecule has 0 aromatic carbocycles. The van der Waals surface area contributed by atoms with E-state index in [4.69, 9.17) is 9.72 Å². The lowest BCUT2D eigenvalue weighted by atomic mass is 9.98. The molecule has 0 amide bonds. The first-order chi connectivity index (χ1) is 18.2. The van der Waals surface area contributed by atoms with Crippen molar-refractivity contribution in [1.29, 1.82) is 0 Å². The van der Waals surface area contributed by atoms with E-state index in [9.17, 15) is 0 Å². The van der Waals surface area contributed by atoms with Crippen LogP contribution in [0.1, 0.15) is 37.8 Å². The Bertz CT molecular complexity index is 1720. The van der Waals surface area contributed by atoms with Gasteiger partial charge in [-0.2, -0.15) is 5.10 Å². The number of hydrogen-bond acceptors (Lipinski definition) is 6. The van der Waals surface area contributed by atoms with Crippen molar-refractivity contribution in [2.45, 2.75) is 45.1 Å². The molecule has 6 aromatic heterocycles. The maximum Gasteiger partial charge on any atom is 0.138 e. The van der Waals surface area contributed by atoms with Crippen molar-refractivity contribution in [3.05, 3.63) is 67.3 Å². The van der Waals surface area contributed by atoms with Crippen LogP contribution >= 0.6 is 0 Å². The molecule has 1 saturated carbocycles. The summed E-state index contributed by atoms with van der Waals surface area (Å²) >= 11 is 0. The number of aromatic amines is 2. The Morgan fingerprint density at radius 1 is 0.973 bits per heavy atom. The van der Waals surface area contributed by atoms with Crippen molar-refractivity contribution in [3.63, 3.8) is 0 Å². The smallest absolute Gasteiger partial charge is 0.138 e. The lowest BCUT2D eigenvalue weighted by molar-refractivity contribution is 0.154. The van der Waals surface area contributed by atoms with Gasteiger partial charge in [-0.3, -0.25) is 15.1 Å². The minimum absolute atomic E-state index is 0.273. The van der Waals surface area contributed by atoms with Gasteiger partial charge in [0.1, 0.15) is 17.0 Å². The average molecular weight is 491 g/mol. The van der Waals surface area contributed by atoms with Crippen molar-refractivity contribution in [1.82, 2.24) is 39.7 Å². The number of ether oxygens (including phenoxy) is 1. The summed E-state index contributed by atoms with van der Waals surface area (Å²) in [5.41, 5.74) is 7.83. The molecule has 0 saturated heterocycles. The number of nitrogens with one attached hydrogen (secondary N) is 2. The zero-order valence-electron chi connectivity index (χ0n) is 20.5. The van der Waals surface area contributed by atoms with E-state index in [0.717, 1.165) is 74.6 Å². The van der Waals surface area contributed by atoms with Gasteiger partial charge < -0.3 is 14.3 Å². The molecule has 184 valence electrons. The molecule has 9 nitrogen and oxygen atoms in total. The van der Waals surface area contributed by atoms with E-state index in [1.807, 2.05) is 54.5 Å². The molecule has 0 aliphatic heterocycles. The molecule has 9 heteroatoms. The first-order valence-electron chi connectivity index (χ1n) is 12.7. The summed E-state index contributed by atoms with van der Waals surface area (Å²) in [4.78, 5) is 21.7. The second kappa shape index (κ2) is 8.85. The first kappa shape index (κ1) is 21.7. The van der Waals surface area contributed by atoms with Crippen LogP contribution < -0.4 is 4.74 Å². The Labute approximate surface area is 213 Å². The Morgan fingerprint density at radius 3 is 2.73 bits per heavy atom. The third-order valence-electron chi connectivity index (χ3n) is 7.04. The summed E-state index contributed by atoms with van der Waals surface area (Å²) < 4.78 is 8.22. The second-order valence-electron chi connectivity index (χ2n) is 9.68. The highest BCUT2D eigenvalue weighted by atomic mass is 16.5. The fourth-order valence-corrected chi connectivity index (χ4v) is 5.17. The largest absolute Gasteiger partial charge is 0.489 e. The molecule has 6 aromatic rings. The van der Waals surface area contributed by atoms with Crippen LogP contribution in [0.5, 0.6) is 5.75 Å². The first-order valence-corrected chi connectivity index (χ1v) is 12.7. The number of rotatable bonds is 5. The van der Waals surface area contributed by atoms with E-state index >= 15 is 0 Å². The third kappa shape index (κ3) is 4.02. The number of pyridine rings is 3. The lowest BCUT2D eigenvalue weighted by Gasteiger charge is -2.22. The Kier molecular flexibility index (Phi) is 5.20. The number of hydrogen-bond donors (Lipinski definition) is 2. The molecular formula is C28H26N8O. The van der Waals surface area contributed by atoms with E-state index < -0.39 is 0 Å². The number of nitrogens with zero attached hydrogens (tertiary/aromatic N) is 6. The van der Waals surface area contributed by atoms with Gasteiger partial charge in [0, 0.05) is 23.3 Å². The highest BCUT2D eigenvalue weighted by Gasteiger charge is 2.18. The number of imidazole rings is 1. The van der Waals surface area contributed by atoms with Gasteiger partial charge in [0.25, 0.3) is 0 Å². The number of aromatic nitrogens is 8. The molecule has 7 rings (SSSR count). The van der Waals surface area contributed by atoms with Gasteiger partial charge in [-0.15, -0.1) is 0 Å². The van der Waals surface area contributed by atoms with Gasteiger partial charge in [-0.05, 0) is 56.9 Å². The molecule has 1 aliphatic carbocycles. The fourth-order valence-electron chi connectivity index (χ4n) is 5.17. The number of aryl methyl sites for hydroxylation is 1. The molecule has 0 spiro atoms. The number of H-pyrrole nitrogens is 2. The predicted molar refractivity (Wildman–Crippen MR) is 142 cm³/mol. The predicted octanol–water partition coefficient (Wildman–Crippen LogP) is 5.77. The topological polar surface area (TPSA) is 110 Å². The Balaban J connectivity index is 1.26. The molecule has 37 heavy (non-hydrogen) atoms. The van der Waals surface area contributed by atoms with Gasteiger partial charge in [0.05, 0.1) is 64.8 Å². The normalized spacial score (nSPS) is 14.5. The van der Waals surface area contributed by atoms with Crippen LogP contribution in [-0.4, -0.2) is 45.8 Å². The molecule has 1 fully saturated rings. The molecule has 6 heterocycles. The molecular weight excluding hydrogens is 464 g/mol. The third-order valence-corrected chi connectivity index (χ3v) is 7.04. The standard InChI is InChI=1S/C28H26N8O/c1-17-15-36(16-31-17)26-14-30-13-25-21(26)10-24(32-25)28-27-23(34-35-28)8-7-22(33-27)18-9-20(12-29-11-18)37-19-5-3-2-4-6-19/h7-16,19,32H,2-6H2,1H3,(H,34,35). The van der Waals surface area contributed by atoms with Gasteiger partial charge in [0.15, 0.2) is 0 Å². The summed E-state index contributed by atoms with van der Waals surface area (Å²) in [7, 11) is 0. The van der Waals surface area contributed by atoms with Crippen LogP contribution in [0.2, 0.25) is 0 Å². The zero-order valence-corrected chi connectivity index (χ0v) is 20.5. The quantitative estimate of drug-likeness (QED) is 0.317. The van der Waals surface area contributed by atoms with E-state index in [1.54, 1.807) is 12.5 Å². The van der Waals surface area contributed by atoms with Crippen molar-refractivity contribution >= 4 is 21.9 Å². The molecule has 0 atom stereocenters. The van der Waals surface area contributed by atoms with Crippen molar-refractivity contribution < 1.29 is 4.74 Å². The summed E-state index contributed by atoms with van der Waals surface area (Å²) in [5, 5.41) is 8.75. The van der Waals surface area contributed by atoms with Gasteiger partial charge >= 0.3 is 0 Å². The molecule has 0 radical (unpaired) electrons. The van der Waals surface area contributed by atoms with Crippen LogP contribution in [0.15, 0.2) is 61.6 Å². The highest BCUT2D eigenvalue weighted by molar-refractivity contribution is 5.96. The Hall–Kier alpha value is -4.53. The highest BCUT2D eigenvalue weighted by Crippen LogP contribution is 2.32. The van der Waals surface area contributed by atoms with Gasteiger partial charge in [-0.1, -0.05) is 6.42 Å². The van der Waals surface area contributed by atoms with E-state index in [0.29, 0.717) is 0 Å². The molecule has 2 N–H and O–H groups in total. The zero-order chi connectivity index (χ0) is 24.8. The molecule has 0 bridgehead atoms. The maximum atomic E-state index is 6.24.